The number of carbonyl (C=O) groups excluding carboxylic acids is 2. The fourth-order valence-electron chi connectivity index (χ4n) is 3.90. The van der Waals surface area contributed by atoms with Crippen LogP contribution in [0.3, 0.4) is 0 Å². The molecule has 0 aromatic heterocycles. The second kappa shape index (κ2) is 7.66. The quantitative estimate of drug-likeness (QED) is 0.579. The van der Waals surface area contributed by atoms with Crippen molar-refractivity contribution in [3.05, 3.63) is 88.3 Å². The van der Waals surface area contributed by atoms with E-state index in [0.717, 1.165) is 21.2 Å². The molecule has 0 fully saturated rings. The van der Waals surface area contributed by atoms with E-state index in [4.69, 9.17) is 16.3 Å². The zero-order valence-electron chi connectivity index (χ0n) is 16.3. The van der Waals surface area contributed by atoms with Crippen molar-refractivity contribution in [1.82, 2.24) is 4.90 Å². The summed E-state index contributed by atoms with van der Waals surface area (Å²) in [7, 11) is 0. The van der Waals surface area contributed by atoms with Crippen LogP contribution in [-0.2, 0) is 9.59 Å². The van der Waals surface area contributed by atoms with E-state index in [1.807, 2.05) is 48.5 Å². The molecule has 2 amide bonds. The minimum absolute atomic E-state index is 0.0785. The molecule has 1 aliphatic heterocycles. The Balaban J connectivity index is 2.10. The first kappa shape index (κ1) is 19.7. The molecule has 4 rings (SSSR count). The van der Waals surface area contributed by atoms with Crippen LogP contribution in [0.25, 0.3) is 10.8 Å². The molecule has 1 aliphatic rings. The number of imide groups is 1. The average molecular weight is 417 g/mol. The molecule has 0 saturated heterocycles. The molecule has 0 spiro atoms. The Hall–Kier alpha value is -3.62. The highest BCUT2D eigenvalue weighted by Gasteiger charge is 2.38. The Morgan fingerprint density at radius 3 is 2.33 bits per heavy atom. The summed E-state index contributed by atoms with van der Waals surface area (Å²) in [5, 5.41) is 12.5. The van der Waals surface area contributed by atoms with Crippen LogP contribution in [0.4, 0.5) is 0 Å². The summed E-state index contributed by atoms with van der Waals surface area (Å²) < 4.78 is 6.02. The zero-order valence-corrected chi connectivity index (χ0v) is 17.1. The van der Waals surface area contributed by atoms with Crippen molar-refractivity contribution in [2.24, 2.45) is 0 Å². The molecule has 6 heteroatoms. The summed E-state index contributed by atoms with van der Waals surface area (Å²) in [5.41, 5.74) is 1.62. The van der Waals surface area contributed by atoms with Gasteiger partial charge in [-0.15, -0.1) is 0 Å². The van der Waals surface area contributed by atoms with E-state index in [1.165, 1.54) is 13.8 Å². The molecule has 3 aromatic carbocycles. The third kappa shape index (κ3) is 3.12. The summed E-state index contributed by atoms with van der Waals surface area (Å²) in [6, 6.07) is 20.9. The zero-order chi connectivity index (χ0) is 21.4. The number of amides is 2. The number of nitriles is 1. The second-order valence-electron chi connectivity index (χ2n) is 6.96. The molecule has 1 unspecified atom stereocenters. The molecule has 1 heterocycles. The highest BCUT2D eigenvalue weighted by molar-refractivity contribution is 6.31. The van der Waals surface area contributed by atoms with E-state index in [9.17, 15) is 14.9 Å². The van der Waals surface area contributed by atoms with Gasteiger partial charge < -0.3 is 4.74 Å². The number of nitrogens with zero attached hydrogens (tertiary/aromatic N) is 2. The van der Waals surface area contributed by atoms with Crippen molar-refractivity contribution in [2.45, 2.75) is 19.8 Å². The summed E-state index contributed by atoms with van der Waals surface area (Å²) in [4.78, 5) is 25.4. The first-order valence-corrected chi connectivity index (χ1v) is 9.71. The minimum Gasteiger partial charge on any atom is -0.439 e. The Labute approximate surface area is 178 Å². The van der Waals surface area contributed by atoms with Crippen LogP contribution in [0.5, 0.6) is 5.75 Å². The number of rotatable bonds is 2. The first-order chi connectivity index (χ1) is 14.4. The molecule has 3 aromatic rings. The molecule has 0 saturated carbocycles. The van der Waals surface area contributed by atoms with Crippen LogP contribution in [0.15, 0.2) is 72.1 Å². The maximum Gasteiger partial charge on any atom is 0.233 e. The number of fused-ring (bicyclic) bond motifs is 3. The number of carbonyl (C=O) groups is 2. The highest BCUT2D eigenvalue weighted by atomic mass is 35.5. The van der Waals surface area contributed by atoms with E-state index in [-0.39, 0.29) is 11.5 Å². The lowest BCUT2D eigenvalue weighted by Gasteiger charge is -2.32. The number of hydrogen-bond acceptors (Lipinski definition) is 4. The van der Waals surface area contributed by atoms with Gasteiger partial charge in [-0.05, 0) is 28.5 Å². The van der Waals surface area contributed by atoms with Crippen LogP contribution in [0, 0.1) is 11.3 Å². The van der Waals surface area contributed by atoms with Crippen LogP contribution < -0.4 is 4.74 Å². The predicted molar refractivity (Wildman–Crippen MR) is 114 cm³/mol. The van der Waals surface area contributed by atoms with Crippen LogP contribution in [0.2, 0.25) is 5.02 Å². The molecular weight excluding hydrogens is 400 g/mol. The Bertz CT molecular complexity index is 1260. The number of halogens is 1. The minimum atomic E-state index is -0.602. The van der Waals surface area contributed by atoms with Gasteiger partial charge in [0.05, 0.1) is 5.92 Å². The lowest BCUT2D eigenvalue weighted by molar-refractivity contribution is -0.141. The van der Waals surface area contributed by atoms with E-state index in [2.05, 4.69) is 6.07 Å². The van der Waals surface area contributed by atoms with Gasteiger partial charge in [-0.3, -0.25) is 9.59 Å². The molecular formula is C24H17ClN2O3. The van der Waals surface area contributed by atoms with Crippen LogP contribution in [-0.4, -0.2) is 16.7 Å². The molecule has 30 heavy (non-hydrogen) atoms. The Morgan fingerprint density at radius 2 is 1.67 bits per heavy atom. The molecule has 0 radical (unpaired) electrons. The molecule has 5 nitrogen and oxygen atoms in total. The third-order valence-electron chi connectivity index (χ3n) is 5.11. The largest absolute Gasteiger partial charge is 0.439 e. The molecule has 1 atom stereocenters. The van der Waals surface area contributed by atoms with Crippen LogP contribution in [0.1, 0.15) is 30.9 Å². The third-order valence-corrected chi connectivity index (χ3v) is 5.46. The standard InChI is InChI=1S/C24H17ClN2O3/c1-14(28)27(15(2)29)24-19(13-26)22(18-9-5-6-10-20(18)25)23-17-8-4-3-7-16(17)11-12-21(23)30-24/h3-12,22H,1-2H3. The van der Waals surface area contributed by atoms with Crippen molar-refractivity contribution in [2.75, 3.05) is 0 Å². The van der Waals surface area contributed by atoms with Crippen molar-refractivity contribution in [3.8, 4) is 11.8 Å². The molecule has 0 N–H and O–H groups in total. The Kier molecular flexibility index (Phi) is 5.03. The number of ether oxygens (including phenoxy) is 1. The lowest BCUT2D eigenvalue weighted by atomic mass is 9.81. The van der Waals surface area contributed by atoms with E-state index >= 15 is 0 Å². The van der Waals surface area contributed by atoms with Gasteiger partial charge in [0, 0.05) is 24.4 Å². The first-order valence-electron chi connectivity index (χ1n) is 9.33. The number of hydrogen-bond donors (Lipinski definition) is 0. The molecule has 0 aliphatic carbocycles. The molecule has 0 bridgehead atoms. The van der Waals surface area contributed by atoms with E-state index in [1.54, 1.807) is 12.1 Å². The Morgan fingerprint density at radius 1 is 1.00 bits per heavy atom. The van der Waals surface area contributed by atoms with Gasteiger partial charge in [-0.1, -0.05) is 60.1 Å². The van der Waals surface area contributed by atoms with Crippen molar-refractivity contribution in [1.29, 1.82) is 5.26 Å². The van der Waals surface area contributed by atoms with E-state index < -0.39 is 17.7 Å². The van der Waals surface area contributed by atoms with Crippen molar-refractivity contribution in [3.63, 3.8) is 0 Å². The summed E-state index contributed by atoms with van der Waals surface area (Å²) >= 11 is 6.53. The van der Waals surface area contributed by atoms with Gasteiger partial charge in [0.25, 0.3) is 0 Å². The fourth-order valence-corrected chi connectivity index (χ4v) is 4.14. The van der Waals surface area contributed by atoms with Crippen molar-refractivity contribution < 1.29 is 14.3 Å². The van der Waals surface area contributed by atoms with Gasteiger partial charge in [-0.2, -0.15) is 5.26 Å². The normalized spacial score (nSPS) is 15.2. The van der Waals surface area contributed by atoms with Gasteiger partial charge in [-0.25, -0.2) is 4.90 Å². The summed E-state index contributed by atoms with van der Waals surface area (Å²) in [5.74, 6) is -1.28. The van der Waals surface area contributed by atoms with Gasteiger partial charge in [0.15, 0.2) is 0 Å². The topological polar surface area (TPSA) is 70.4 Å². The van der Waals surface area contributed by atoms with Crippen molar-refractivity contribution >= 4 is 34.2 Å². The van der Waals surface area contributed by atoms with E-state index in [0.29, 0.717) is 16.3 Å². The van der Waals surface area contributed by atoms with Gasteiger partial charge in [0.2, 0.25) is 17.7 Å². The number of benzene rings is 3. The molecule has 148 valence electrons. The fraction of sp³-hybridized carbons (Fsp3) is 0.125. The second-order valence-corrected chi connectivity index (χ2v) is 7.37. The van der Waals surface area contributed by atoms with Gasteiger partial charge >= 0.3 is 0 Å². The maximum atomic E-state index is 12.2. The summed E-state index contributed by atoms with van der Waals surface area (Å²) in [6.45, 7) is 2.51. The van der Waals surface area contributed by atoms with Crippen LogP contribution >= 0.6 is 11.6 Å². The smallest absolute Gasteiger partial charge is 0.233 e. The SMILES string of the molecule is CC(=O)N(C(C)=O)C1=C(C#N)C(c2ccccc2Cl)c2c(ccc3ccccc23)O1. The summed E-state index contributed by atoms with van der Waals surface area (Å²) in [6.07, 6.45) is 0. The number of allylic oxidation sites excluding steroid dienone is 1. The predicted octanol–water partition coefficient (Wildman–Crippen LogP) is 5.15. The average Bonchev–Trinajstić information content (AvgIpc) is 2.72. The van der Waals surface area contributed by atoms with Gasteiger partial charge in [0.1, 0.15) is 17.4 Å². The maximum absolute atomic E-state index is 12.2. The highest BCUT2D eigenvalue weighted by Crippen LogP contribution is 2.48. The monoisotopic (exact) mass is 416 g/mol. The lowest BCUT2D eigenvalue weighted by Crippen LogP contribution is -2.37.